The average molecular weight is 335 g/mol. The topological polar surface area (TPSA) is 92.2 Å². The first-order valence-corrected chi connectivity index (χ1v) is 8.42. The van der Waals surface area contributed by atoms with E-state index in [9.17, 15) is 4.55 Å². The maximum absolute atomic E-state index is 12.5. The monoisotopic (exact) mass is 335 g/mol. The molecule has 2 N–H and O–H groups in total. The van der Waals surface area contributed by atoms with Crippen molar-refractivity contribution in [2.24, 2.45) is 0 Å². The molecule has 0 aliphatic heterocycles. The lowest BCUT2D eigenvalue weighted by Crippen LogP contribution is -2.02. The number of benzene rings is 2. The lowest BCUT2D eigenvalue weighted by molar-refractivity contribution is 0.595. The second-order valence-electron chi connectivity index (χ2n) is 5.15. The Morgan fingerprint density at radius 3 is 2.29 bits per heavy atom. The van der Waals surface area contributed by atoms with Gasteiger partial charge < -0.3 is 10.3 Å². The van der Waals surface area contributed by atoms with Gasteiger partial charge in [-0.2, -0.15) is 9.61 Å². The van der Waals surface area contributed by atoms with E-state index in [0.29, 0.717) is 5.65 Å². The van der Waals surface area contributed by atoms with Crippen LogP contribution < -0.4 is 5.73 Å². The molecule has 0 aliphatic carbocycles. The van der Waals surface area contributed by atoms with Crippen LogP contribution in [-0.4, -0.2) is 24.4 Å². The van der Waals surface area contributed by atoms with Crippen LogP contribution in [0.5, 0.6) is 0 Å². The summed E-state index contributed by atoms with van der Waals surface area (Å²) in [4.78, 5) is 1.52. The molecule has 4 aromatic rings. The minimum atomic E-state index is -1.20. The molecule has 2 aromatic carbocycles. The zero-order valence-corrected chi connectivity index (χ0v) is 13.4. The van der Waals surface area contributed by atoms with Crippen LogP contribution in [0.3, 0.4) is 0 Å². The summed E-state index contributed by atoms with van der Waals surface area (Å²) in [7, 11) is 0. The number of nitrogen functional groups attached to an aromatic ring is 1. The van der Waals surface area contributed by atoms with Gasteiger partial charge in [0.05, 0.1) is 5.69 Å². The molecule has 2 heterocycles. The van der Waals surface area contributed by atoms with E-state index >= 15 is 0 Å². The highest BCUT2D eigenvalue weighted by molar-refractivity contribution is 7.91. The van der Waals surface area contributed by atoms with E-state index in [4.69, 9.17) is 5.73 Å². The summed E-state index contributed by atoms with van der Waals surface area (Å²) in [6, 6.07) is 20.5. The molecule has 7 heteroatoms. The lowest BCUT2D eigenvalue weighted by Gasteiger charge is -2.10. The number of rotatable bonds is 3. The lowest BCUT2D eigenvalue weighted by atomic mass is 10.1. The van der Waals surface area contributed by atoms with Crippen LogP contribution in [0.15, 0.2) is 76.5 Å². The highest BCUT2D eigenvalue weighted by Gasteiger charge is 2.14. The van der Waals surface area contributed by atoms with Crippen LogP contribution in [0.25, 0.3) is 16.9 Å². The number of fused-ring (bicyclic) bond motifs is 1. The predicted molar refractivity (Wildman–Crippen MR) is 91.7 cm³/mol. The minimum absolute atomic E-state index is 0.244. The summed E-state index contributed by atoms with van der Waals surface area (Å²) in [5.41, 5.74) is 7.98. The smallest absolute Gasteiger partial charge is 0.243 e. The van der Waals surface area contributed by atoms with Crippen molar-refractivity contribution in [2.75, 3.05) is 5.73 Å². The SMILES string of the molecule is Nc1nnc2ccc(-c3ccc([S+]([O-])c4ccccc4)cc3)nn12. The molecule has 2 aromatic heterocycles. The summed E-state index contributed by atoms with van der Waals surface area (Å²) in [6.07, 6.45) is 0. The van der Waals surface area contributed by atoms with Crippen molar-refractivity contribution in [2.45, 2.75) is 9.79 Å². The summed E-state index contributed by atoms with van der Waals surface area (Å²) in [5, 5.41) is 12.1. The second kappa shape index (κ2) is 5.95. The van der Waals surface area contributed by atoms with E-state index in [0.717, 1.165) is 21.0 Å². The Bertz CT molecular complexity index is 985. The molecule has 24 heavy (non-hydrogen) atoms. The van der Waals surface area contributed by atoms with E-state index in [-0.39, 0.29) is 5.95 Å². The molecule has 4 rings (SSSR count). The van der Waals surface area contributed by atoms with Gasteiger partial charge in [0.25, 0.3) is 0 Å². The van der Waals surface area contributed by atoms with Gasteiger partial charge >= 0.3 is 0 Å². The van der Waals surface area contributed by atoms with Gasteiger partial charge in [-0.15, -0.1) is 10.2 Å². The van der Waals surface area contributed by atoms with E-state index < -0.39 is 11.2 Å². The molecule has 0 saturated heterocycles. The second-order valence-corrected chi connectivity index (χ2v) is 6.63. The van der Waals surface area contributed by atoms with E-state index in [1.165, 1.54) is 4.52 Å². The number of hydrogen-bond donors (Lipinski definition) is 1. The van der Waals surface area contributed by atoms with E-state index in [1.807, 2.05) is 66.7 Å². The van der Waals surface area contributed by atoms with Crippen molar-refractivity contribution < 1.29 is 4.55 Å². The van der Waals surface area contributed by atoms with Crippen LogP contribution in [-0.2, 0) is 11.2 Å². The van der Waals surface area contributed by atoms with Gasteiger partial charge in [-0.05, 0) is 48.5 Å². The quantitative estimate of drug-likeness (QED) is 0.581. The van der Waals surface area contributed by atoms with Gasteiger partial charge in [-0.1, -0.05) is 18.2 Å². The van der Waals surface area contributed by atoms with Crippen molar-refractivity contribution in [1.82, 2.24) is 19.8 Å². The molecule has 0 spiro atoms. The molecule has 1 unspecified atom stereocenters. The molecule has 6 nitrogen and oxygen atoms in total. The number of nitrogens with two attached hydrogens (primary N) is 1. The Morgan fingerprint density at radius 1 is 0.833 bits per heavy atom. The third-order valence-electron chi connectivity index (χ3n) is 3.61. The van der Waals surface area contributed by atoms with Gasteiger partial charge in [0.2, 0.25) is 5.95 Å². The minimum Gasteiger partial charge on any atom is -0.606 e. The van der Waals surface area contributed by atoms with Crippen LogP contribution in [0.2, 0.25) is 0 Å². The zero-order valence-electron chi connectivity index (χ0n) is 12.5. The normalized spacial score (nSPS) is 12.4. The van der Waals surface area contributed by atoms with Crippen molar-refractivity contribution in [3.05, 3.63) is 66.7 Å². The van der Waals surface area contributed by atoms with Gasteiger partial charge in [0.1, 0.15) is 0 Å². The van der Waals surface area contributed by atoms with Crippen LogP contribution in [0.4, 0.5) is 5.95 Å². The summed E-state index contributed by atoms with van der Waals surface area (Å²) >= 11 is -1.20. The van der Waals surface area contributed by atoms with Crippen molar-refractivity contribution in [3.63, 3.8) is 0 Å². The number of hydrogen-bond acceptors (Lipinski definition) is 5. The Labute approximate surface area is 141 Å². The Hall–Kier alpha value is -2.90. The standard InChI is InChI=1S/C17H13N5OS/c18-17-20-19-16-11-10-15(21-22(16)17)12-6-8-14(9-7-12)24(23)13-4-2-1-3-5-13/h1-11H,(H2,18,20). The molecule has 0 saturated carbocycles. The van der Waals surface area contributed by atoms with Gasteiger partial charge in [0.15, 0.2) is 15.4 Å². The first-order chi connectivity index (χ1) is 11.7. The molecular weight excluding hydrogens is 322 g/mol. The molecule has 118 valence electrons. The average Bonchev–Trinajstić information content (AvgIpc) is 3.02. The number of aromatic nitrogens is 4. The van der Waals surface area contributed by atoms with Crippen LogP contribution in [0.1, 0.15) is 0 Å². The first-order valence-electron chi connectivity index (χ1n) is 7.27. The van der Waals surface area contributed by atoms with Gasteiger partial charge in [-0.25, -0.2) is 0 Å². The van der Waals surface area contributed by atoms with Crippen molar-refractivity contribution in [1.29, 1.82) is 0 Å². The fourth-order valence-electron chi connectivity index (χ4n) is 2.39. The van der Waals surface area contributed by atoms with Crippen LogP contribution in [0, 0.1) is 0 Å². The third kappa shape index (κ3) is 2.60. The maximum atomic E-state index is 12.5. The molecular formula is C17H13N5OS. The van der Waals surface area contributed by atoms with E-state index in [2.05, 4.69) is 15.3 Å². The molecule has 0 bridgehead atoms. The summed E-state index contributed by atoms with van der Waals surface area (Å²) in [5.74, 6) is 0.244. The summed E-state index contributed by atoms with van der Waals surface area (Å²) < 4.78 is 14.0. The molecule has 1 atom stereocenters. The molecule has 0 aliphatic rings. The zero-order chi connectivity index (χ0) is 16.5. The molecule has 0 amide bonds. The number of nitrogens with zero attached hydrogens (tertiary/aromatic N) is 4. The highest BCUT2D eigenvalue weighted by Crippen LogP contribution is 2.24. The predicted octanol–water partition coefficient (Wildman–Crippen LogP) is 2.54. The molecule has 0 fully saturated rings. The van der Waals surface area contributed by atoms with Crippen molar-refractivity contribution >= 4 is 22.8 Å². The third-order valence-corrected chi connectivity index (χ3v) is 5.01. The largest absolute Gasteiger partial charge is 0.606 e. The van der Waals surface area contributed by atoms with Gasteiger partial charge in [0, 0.05) is 16.7 Å². The first kappa shape index (κ1) is 14.7. The maximum Gasteiger partial charge on any atom is 0.243 e. The highest BCUT2D eigenvalue weighted by atomic mass is 32.2. The fourth-order valence-corrected chi connectivity index (χ4v) is 3.45. The van der Waals surface area contributed by atoms with E-state index in [1.54, 1.807) is 0 Å². The fraction of sp³-hybridized carbons (Fsp3) is 0. The Balaban J connectivity index is 1.66. The van der Waals surface area contributed by atoms with Crippen molar-refractivity contribution in [3.8, 4) is 11.3 Å². The van der Waals surface area contributed by atoms with Crippen LogP contribution >= 0.6 is 0 Å². The Morgan fingerprint density at radius 2 is 1.54 bits per heavy atom. The summed E-state index contributed by atoms with van der Waals surface area (Å²) in [6.45, 7) is 0. The number of anilines is 1. The molecule has 0 radical (unpaired) electrons. The Kier molecular flexibility index (Phi) is 3.64. The van der Waals surface area contributed by atoms with Gasteiger partial charge in [-0.3, -0.25) is 0 Å².